The Morgan fingerprint density at radius 3 is 2.16 bits per heavy atom. The molecule has 0 radical (unpaired) electrons. The third kappa shape index (κ3) is 6.35. The van der Waals surface area contributed by atoms with E-state index in [9.17, 15) is 13.2 Å². The molecule has 0 spiro atoms. The van der Waals surface area contributed by atoms with E-state index in [0.717, 1.165) is 6.26 Å². The zero-order valence-corrected chi connectivity index (χ0v) is 12.4. The summed E-state index contributed by atoms with van der Waals surface area (Å²) in [6.07, 6.45) is 0.972. The van der Waals surface area contributed by atoms with E-state index >= 15 is 0 Å². The van der Waals surface area contributed by atoms with E-state index in [-0.39, 0.29) is 23.6 Å². The normalized spacial score (nSPS) is 12.2. The van der Waals surface area contributed by atoms with Crippen LogP contribution in [0.1, 0.15) is 31.1 Å². The Balaban J connectivity index is 2.68. The van der Waals surface area contributed by atoms with Crippen LogP contribution in [-0.2, 0) is 10.1 Å². The van der Waals surface area contributed by atoms with Gasteiger partial charge in [0.1, 0.15) is 5.75 Å². The Labute approximate surface area is 114 Å². The Bertz CT molecular complexity index is 541. The molecule has 106 valence electrons. The van der Waals surface area contributed by atoms with E-state index in [1.54, 1.807) is 12.1 Å². The molecular weight excluding hydrogens is 266 g/mol. The van der Waals surface area contributed by atoms with Crippen molar-refractivity contribution in [1.29, 1.82) is 0 Å². The number of nitrogens with one attached hydrogen (secondary N) is 1. The van der Waals surface area contributed by atoms with Crippen molar-refractivity contribution in [1.82, 2.24) is 5.32 Å². The lowest BCUT2D eigenvalue weighted by atomic mass is 10.1. The third-order valence-electron chi connectivity index (χ3n) is 2.20. The predicted molar refractivity (Wildman–Crippen MR) is 74.0 cm³/mol. The SMILES string of the molecule is CC(C)(C)NCC(=O)c1ccc(OS(C)(=O)=O)cc1. The molecule has 1 aromatic rings. The van der Waals surface area contributed by atoms with E-state index in [2.05, 4.69) is 5.32 Å². The molecule has 0 aliphatic rings. The highest BCUT2D eigenvalue weighted by Crippen LogP contribution is 2.14. The molecule has 0 heterocycles. The first-order valence-corrected chi connectivity index (χ1v) is 7.66. The summed E-state index contributed by atoms with van der Waals surface area (Å²) in [4.78, 5) is 11.9. The summed E-state index contributed by atoms with van der Waals surface area (Å²) in [6, 6.07) is 6.02. The van der Waals surface area contributed by atoms with Gasteiger partial charge in [-0.25, -0.2) is 0 Å². The Hall–Kier alpha value is -1.40. The molecule has 0 bridgehead atoms. The molecule has 0 saturated heterocycles. The van der Waals surface area contributed by atoms with Crippen LogP contribution >= 0.6 is 0 Å². The molecule has 5 nitrogen and oxygen atoms in total. The maximum atomic E-state index is 11.9. The largest absolute Gasteiger partial charge is 0.383 e. The first kappa shape index (κ1) is 15.7. The summed E-state index contributed by atoms with van der Waals surface area (Å²) in [5.41, 5.74) is 0.382. The molecule has 0 aliphatic heterocycles. The zero-order chi connectivity index (χ0) is 14.7. The average molecular weight is 285 g/mol. The third-order valence-corrected chi connectivity index (χ3v) is 2.70. The van der Waals surface area contributed by atoms with Gasteiger partial charge in [-0.15, -0.1) is 0 Å². The molecule has 0 amide bonds. The summed E-state index contributed by atoms with van der Waals surface area (Å²) in [5.74, 6) is 0.142. The second-order valence-corrected chi connectivity index (χ2v) is 6.91. The molecule has 0 fully saturated rings. The number of carbonyl (C=O) groups excluding carboxylic acids is 1. The monoisotopic (exact) mass is 285 g/mol. The van der Waals surface area contributed by atoms with E-state index < -0.39 is 10.1 Å². The van der Waals surface area contributed by atoms with Crippen LogP contribution in [0.3, 0.4) is 0 Å². The Morgan fingerprint density at radius 2 is 1.74 bits per heavy atom. The highest BCUT2D eigenvalue weighted by molar-refractivity contribution is 7.86. The maximum absolute atomic E-state index is 11.9. The highest BCUT2D eigenvalue weighted by Gasteiger charge is 2.13. The minimum Gasteiger partial charge on any atom is -0.383 e. The van der Waals surface area contributed by atoms with Crippen molar-refractivity contribution >= 4 is 15.9 Å². The molecule has 1 N–H and O–H groups in total. The molecule has 6 heteroatoms. The van der Waals surface area contributed by atoms with Crippen molar-refractivity contribution in [2.45, 2.75) is 26.3 Å². The van der Waals surface area contributed by atoms with Crippen LogP contribution in [0.5, 0.6) is 5.75 Å². The fraction of sp³-hybridized carbons (Fsp3) is 0.462. The van der Waals surface area contributed by atoms with Gasteiger partial charge in [0.25, 0.3) is 0 Å². The number of hydrogen-bond acceptors (Lipinski definition) is 5. The van der Waals surface area contributed by atoms with Gasteiger partial charge in [0, 0.05) is 11.1 Å². The van der Waals surface area contributed by atoms with Gasteiger partial charge < -0.3 is 9.50 Å². The van der Waals surface area contributed by atoms with Gasteiger partial charge in [0.15, 0.2) is 5.78 Å². The first-order valence-electron chi connectivity index (χ1n) is 5.84. The molecule has 0 atom stereocenters. The molecule has 1 aromatic carbocycles. The van der Waals surface area contributed by atoms with Crippen LogP contribution < -0.4 is 9.50 Å². The average Bonchev–Trinajstić information content (AvgIpc) is 2.23. The maximum Gasteiger partial charge on any atom is 0.306 e. The van der Waals surface area contributed by atoms with Crippen LogP contribution in [-0.4, -0.2) is 32.5 Å². The number of carbonyl (C=O) groups is 1. The fourth-order valence-corrected chi connectivity index (χ4v) is 1.78. The number of Topliss-reactive ketones (excluding diaryl/α,β-unsaturated/α-hetero) is 1. The van der Waals surface area contributed by atoms with Crippen LogP contribution in [0.2, 0.25) is 0 Å². The van der Waals surface area contributed by atoms with Crippen LogP contribution in [0.15, 0.2) is 24.3 Å². The van der Waals surface area contributed by atoms with Crippen molar-refractivity contribution in [2.75, 3.05) is 12.8 Å². The molecule has 0 aromatic heterocycles. The van der Waals surface area contributed by atoms with Crippen molar-refractivity contribution in [3.63, 3.8) is 0 Å². The summed E-state index contributed by atoms with van der Waals surface area (Å²) in [7, 11) is -3.54. The Kier molecular flexibility index (Phi) is 4.70. The molecule has 19 heavy (non-hydrogen) atoms. The summed E-state index contributed by atoms with van der Waals surface area (Å²) >= 11 is 0. The molecule has 0 aliphatic carbocycles. The summed E-state index contributed by atoms with van der Waals surface area (Å²) in [6.45, 7) is 6.16. The van der Waals surface area contributed by atoms with Crippen molar-refractivity contribution in [3.05, 3.63) is 29.8 Å². The quantitative estimate of drug-likeness (QED) is 0.657. The second-order valence-electron chi connectivity index (χ2n) is 5.34. The molecular formula is C13H19NO4S. The van der Waals surface area contributed by atoms with Crippen LogP contribution in [0.25, 0.3) is 0 Å². The van der Waals surface area contributed by atoms with Crippen LogP contribution in [0.4, 0.5) is 0 Å². The predicted octanol–water partition coefficient (Wildman–Crippen LogP) is 1.60. The minimum absolute atomic E-state index is 0.0548. The minimum atomic E-state index is -3.54. The number of hydrogen-bond donors (Lipinski definition) is 1. The van der Waals surface area contributed by atoms with Gasteiger partial charge in [-0.05, 0) is 45.0 Å². The van der Waals surface area contributed by atoms with E-state index in [1.807, 2.05) is 20.8 Å². The molecule has 1 rings (SSSR count). The lowest BCUT2D eigenvalue weighted by molar-refractivity contribution is 0.0982. The fourth-order valence-electron chi connectivity index (χ4n) is 1.32. The van der Waals surface area contributed by atoms with Crippen molar-refractivity contribution < 1.29 is 17.4 Å². The summed E-state index contributed by atoms with van der Waals surface area (Å²) in [5, 5.41) is 3.10. The van der Waals surface area contributed by atoms with E-state index in [1.165, 1.54) is 12.1 Å². The van der Waals surface area contributed by atoms with Gasteiger partial charge in [-0.2, -0.15) is 8.42 Å². The van der Waals surface area contributed by atoms with E-state index in [4.69, 9.17) is 4.18 Å². The van der Waals surface area contributed by atoms with E-state index in [0.29, 0.717) is 5.56 Å². The summed E-state index contributed by atoms with van der Waals surface area (Å²) < 4.78 is 26.6. The standard InChI is InChI=1S/C13H19NO4S/c1-13(2,3)14-9-12(15)10-5-7-11(8-6-10)18-19(4,16)17/h5-8,14H,9H2,1-4H3. The zero-order valence-electron chi connectivity index (χ0n) is 11.6. The number of ketones is 1. The van der Waals surface area contributed by atoms with Crippen molar-refractivity contribution in [3.8, 4) is 5.75 Å². The van der Waals surface area contributed by atoms with Gasteiger partial charge in [0.05, 0.1) is 12.8 Å². The molecule has 0 saturated carbocycles. The lowest BCUT2D eigenvalue weighted by Gasteiger charge is -2.19. The van der Waals surface area contributed by atoms with Gasteiger partial charge in [-0.3, -0.25) is 4.79 Å². The number of benzene rings is 1. The van der Waals surface area contributed by atoms with Gasteiger partial charge in [0.2, 0.25) is 0 Å². The molecule has 0 unspecified atom stereocenters. The second kappa shape index (κ2) is 5.71. The highest BCUT2D eigenvalue weighted by atomic mass is 32.2. The van der Waals surface area contributed by atoms with Gasteiger partial charge in [-0.1, -0.05) is 0 Å². The van der Waals surface area contributed by atoms with Crippen molar-refractivity contribution in [2.24, 2.45) is 0 Å². The van der Waals surface area contributed by atoms with Gasteiger partial charge >= 0.3 is 10.1 Å². The first-order chi connectivity index (χ1) is 8.57. The number of rotatable bonds is 5. The Morgan fingerprint density at radius 1 is 1.21 bits per heavy atom. The van der Waals surface area contributed by atoms with Crippen LogP contribution in [0, 0.1) is 0 Å². The smallest absolute Gasteiger partial charge is 0.306 e. The lowest BCUT2D eigenvalue weighted by Crippen LogP contribution is -2.39. The topological polar surface area (TPSA) is 72.5 Å².